The summed E-state index contributed by atoms with van der Waals surface area (Å²) in [4.78, 5) is 2.24. The lowest BCUT2D eigenvalue weighted by molar-refractivity contribution is 0.0297. The first-order valence-corrected chi connectivity index (χ1v) is 7.51. The number of thiol groups is 1. The second-order valence-corrected chi connectivity index (χ2v) is 5.58. The van der Waals surface area contributed by atoms with E-state index in [1.165, 1.54) is 6.07 Å². The number of hydrogen-bond donors (Lipinski definition) is 1. The fourth-order valence-electron chi connectivity index (χ4n) is 2.63. The molecule has 0 saturated carbocycles. The average Bonchev–Trinajstić information content (AvgIpc) is 2.46. The zero-order valence-corrected chi connectivity index (χ0v) is 12.3. The Balaban J connectivity index is 2.13. The molecule has 1 fully saturated rings. The Kier molecular flexibility index (Phi) is 5.11. The number of benzene rings is 1. The molecule has 0 bridgehead atoms. The average molecular weight is 283 g/mol. The van der Waals surface area contributed by atoms with E-state index in [2.05, 4.69) is 24.5 Å². The van der Waals surface area contributed by atoms with Crippen LogP contribution in [-0.4, -0.2) is 32.1 Å². The molecule has 106 valence electrons. The highest BCUT2D eigenvalue weighted by molar-refractivity contribution is 7.80. The van der Waals surface area contributed by atoms with Crippen LogP contribution < -0.4 is 4.90 Å². The summed E-state index contributed by atoms with van der Waals surface area (Å²) >= 11 is 4.54. The van der Waals surface area contributed by atoms with E-state index < -0.39 is 0 Å². The van der Waals surface area contributed by atoms with Crippen LogP contribution in [0.2, 0.25) is 0 Å². The van der Waals surface area contributed by atoms with Gasteiger partial charge < -0.3 is 9.64 Å². The van der Waals surface area contributed by atoms with Crippen molar-refractivity contribution in [3.8, 4) is 0 Å². The molecule has 0 aromatic heterocycles. The molecule has 0 unspecified atom stereocenters. The molecule has 0 amide bonds. The molecule has 1 heterocycles. The molecule has 4 heteroatoms. The highest BCUT2D eigenvalue weighted by atomic mass is 32.1. The summed E-state index contributed by atoms with van der Waals surface area (Å²) in [5.41, 5.74) is 1.14. The molecule has 0 aliphatic carbocycles. The van der Waals surface area contributed by atoms with Crippen molar-refractivity contribution in [1.29, 1.82) is 0 Å². The van der Waals surface area contributed by atoms with Gasteiger partial charge in [0.05, 0.1) is 0 Å². The van der Waals surface area contributed by atoms with Crippen molar-refractivity contribution in [2.24, 2.45) is 5.41 Å². The summed E-state index contributed by atoms with van der Waals surface area (Å²) in [6, 6.07) is 6.83. The number of ether oxygens (including phenoxy) is 1. The number of nitrogens with zero attached hydrogens (tertiary/aromatic N) is 1. The van der Waals surface area contributed by atoms with Crippen LogP contribution in [0.5, 0.6) is 0 Å². The Hall–Kier alpha value is -0.740. The minimum Gasteiger partial charge on any atom is -0.381 e. The summed E-state index contributed by atoms with van der Waals surface area (Å²) < 4.78 is 18.8. The standard InChI is InChI=1S/C15H22FNOS/c1-2-17(14-5-3-4-13(16)10-14)11-15(12-19)6-8-18-9-7-15/h3-5,10,19H,2,6-9,11-12H2,1H3. The first-order valence-electron chi connectivity index (χ1n) is 6.88. The number of hydrogen-bond acceptors (Lipinski definition) is 3. The van der Waals surface area contributed by atoms with Gasteiger partial charge >= 0.3 is 0 Å². The molecule has 1 aromatic rings. The van der Waals surface area contributed by atoms with Crippen molar-refractivity contribution in [3.63, 3.8) is 0 Å². The number of rotatable bonds is 5. The molecule has 0 N–H and O–H groups in total. The molecule has 0 atom stereocenters. The maximum Gasteiger partial charge on any atom is 0.125 e. The maximum absolute atomic E-state index is 13.4. The van der Waals surface area contributed by atoms with Crippen molar-refractivity contribution in [2.75, 3.05) is 37.0 Å². The Morgan fingerprint density at radius 2 is 2.11 bits per heavy atom. The largest absolute Gasteiger partial charge is 0.381 e. The molecule has 2 nitrogen and oxygen atoms in total. The second kappa shape index (κ2) is 6.62. The van der Waals surface area contributed by atoms with Gasteiger partial charge in [-0.3, -0.25) is 0 Å². The normalized spacial score (nSPS) is 18.3. The van der Waals surface area contributed by atoms with Gasteiger partial charge in [0.1, 0.15) is 5.82 Å². The Labute approximate surface area is 120 Å². The third-order valence-electron chi connectivity index (χ3n) is 3.97. The van der Waals surface area contributed by atoms with Gasteiger partial charge in [0, 0.05) is 37.4 Å². The zero-order valence-electron chi connectivity index (χ0n) is 11.4. The van der Waals surface area contributed by atoms with Crippen LogP contribution in [0.15, 0.2) is 24.3 Å². The fourth-order valence-corrected chi connectivity index (χ4v) is 3.05. The smallest absolute Gasteiger partial charge is 0.125 e. The van der Waals surface area contributed by atoms with Gasteiger partial charge in [-0.05, 0) is 43.7 Å². The van der Waals surface area contributed by atoms with Crippen LogP contribution >= 0.6 is 12.6 Å². The summed E-state index contributed by atoms with van der Waals surface area (Å²) in [6.07, 6.45) is 2.06. The Morgan fingerprint density at radius 3 is 2.68 bits per heavy atom. The van der Waals surface area contributed by atoms with Crippen LogP contribution in [0, 0.1) is 11.2 Å². The van der Waals surface area contributed by atoms with E-state index in [1.807, 2.05) is 6.07 Å². The molecular weight excluding hydrogens is 261 g/mol. The first-order chi connectivity index (χ1) is 9.19. The molecular formula is C15H22FNOS. The van der Waals surface area contributed by atoms with Crippen molar-refractivity contribution in [1.82, 2.24) is 0 Å². The van der Waals surface area contributed by atoms with Gasteiger partial charge in [-0.2, -0.15) is 12.6 Å². The summed E-state index contributed by atoms with van der Waals surface area (Å²) in [6.45, 7) is 5.51. The summed E-state index contributed by atoms with van der Waals surface area (Å²) in [7, 11) is 0. The van der Waals surface area contributed by atoms with E-state index in [9.17, 15) is 4.39 Å². The van der Waals surface area contributed by atoms with Gasteiger partial charge in [-0.25, -0.2) is 4.39 Å². The lowest BCUT2D eigenvalue weighted by atomic mass is 9.81. The highest BCUT2D eigenvalue weighted by Gasteiger charge is 2.33. The second-order valence-electron chi connectivity index (χ2n) is 5.26. The van der Waals surface area contributed by atoms with Crippen LogP contribution in [0.1, 0.15) is 19.8 Å². The SMILES string of the molecule is CCN(CC1(CS)CCOCC1)c1cccc(F)c1. The molecule has 0 radical (unpaired) electrons. The molecule has 1 aromatic carbocycles. The number of anilines is 1. The van der Waals surface area contributed by atoms with Gasteiger partial charge in [0.2, 0.25) is 0 Å². The summed E-state index contributed by atoms with van der Waals surface area (Å²) in [5, 5.41) is 0. The lowest BCUT2D eigenvalue weighted by Gasteiger charge is -2.40. The van der Waals surface area contributed by atoms with Gasteiger partial charge in [0.15, 0.2) is 0 Å². The van der Waals surface area contributed by atoms with Gasteiger partial charge in [-0.1, -0.05) is 6.07 Å². The summed E-state index contributed by atoms with van der Waals surface area (Å²) in [5.74, 6) is 0.671. The first kappa shape index (κ1) is 14.7. The molecule has 0 spiro atoms. The molecule has 19 heavy (non-hydrogen) atoms. The molecule has 1 saturated heterocycles. The topological polar surface area (TPSA) is 12.5 Å². The van der Waals surface area contributed by atoms with Crippen molar-refractivity contribution in [2.45, 2.75) is 19.8 Å². The van der Waals surface area contributed by atoms with Crippen molar-refractivity contribution >= 4 is 18.3 Å². The van der Waals surface area contributed by atoms with Crippen LogP contribution in [0.4, 0.5) is 10.1 Å². The third kappa shape index (κ3) is 3.63. The van der Waals surface area contributed by atoms with E-state index in [0.29, 0.717) is 0 Å². The molecule has 2 rings (SSSR count). The predicted molar refractivity (Wildman–Crippen MR) is 80.6 cm³/mol. The number of halogens is 1. The molecule has 1 aliphatic rings. The van der Waals surface area contributed by atoms with Gasteiger partial charge in [0.25, 0.3) is 0 Å². The van der Waals surface area contributed by atoms with E-state index >= 15 is 0 Å². The highest BCUT2D eigenvalue weighted by Crippen LogP contribution is 2.34. The van der Waals surface area contributed by atoms with Crippen LogP contribution in [0.25, 0.3) is 0 Å². The van der Waals surface area contributed by atoms with Crippen molar-refractivity contribution < 1.29 is 9.13 Å². The lowest BCUT2D eigenvalue weighted by Crippen LogP contribution is -2.43. The van der Waals surface area contributed by atoms with E-state index in [-0.39, 0.29) is 11.2 Å². The monoisotopic (exact) mass is 283 g/mol. The third-order valence-corrected chi connectivity index (χ3v) is 4.64. The van der Waals surface area contributed by atoms with Crippen molar-refractivity contribution in [3.05, 3.63) is 30.1 Å². The zero-order chi connectivity index (χ0) is 13.7. The molecule has 1 aliphatic heterocycles. The fraction of sp³-hybridized carbons (Fsp3) is 0.600. The van der Waals surface area contributed by atoms with E-state index in [4.69, 9.17) is 4.74 Å². The van der Waals surface area contributed by atoms with Crippen LogP contribution in [-0.2, 0) is 4.74 Å². The Morgan fingerprint density at radius 1 is 1.37 bits per heavy atom. The van der Waals surface area contributed by atoms with Crippen LogP contribution in [0.3, 0.4) is 0 Å². The quantitative estimate of drug-likeness (QED) is 0.832. The Bertz CT molecular complexity index is 407. The van der Waals surface area contributed by atoms with E-state index in [1.54, 1.807) is 12.1 Å². The maximum atomic E-state index is 13.4. The van der Waals surface area contributed by atoms with E-state index in [0.717, 1.165) is 50.6 Å². The van der Waals surface area contributed by atoms with Gasteiger partial charge in [-0.15, -0.1) is 0 Å². The predicted octanol–water partition coefficient (Wildman–Crippen LogP) is 3.38. The minimum absolute atomic E-state index is 0.178. The minimum atomic E-state index is -0.178.